The fourth-order valence-electron chi connectivity index (χ4n) is 2.91. The highest BCUT2D eigenvalue weighted by atomic mass is 16.2. The topological polar surface area (TPSA) is 41.1 Å². The van der Waals surface area contributed by atoms with Crippen molar-refractivity contribution in [3.8, 4) is 0 Å². The highest BCUT2D eigenvalue weighted by Crippen LogP contribution is 2.18. The molecule has 0 unspecified atom stereocenters. The van der Waals surface area contributed by atoms with E-state index in [1.807, 2.05) is 6.92 Å². The molecule has 3 heteroatoms. The molecule has 0 aromatic carbocycles. The number of carbonyl (C=O) groups excluding carboxylic acids is 1. The summed E-state index contributed by atoms with van der Waals surface area (Å²) < 4.78 is 0. The molecule has 2 N–H and O–H groups in total. The summed E-state index contributed by atoms with van der Waals surface area (Å²) >= 11 is 0. The second kappa shape index (κ2) is 10.2. The summed E-state index contributed by atoms with van der Waals surface area (Å²) in [5.41, 5.74) is -0.321. The molecule has 118 valence electrons. The number of unbranched alkanes of at least 4 members (excludes halogenated alkanes) is 7. The van der Waals surface area contributed by atoms with E-state index in [0.717, 1.165) is 32.4 Å². The number of carbonyl (C=O) groups is 1. The molecule has 1 aliphatic rings. The van der Waals surface area contributed by atoms with Crippen molar-refractivity contribution in [2.24, 2.45) is 0 Å². The van der Waals surface area contributed by atoms with Gasteiger partial charge in [0.2, 0.25) is 5.91 Å². The van der Waals surface area contributed by atoms with Crippen LogP contribution in [0.1, 0.15) is 84.5 Å². The van der Waals surface area contributed by atoms with E-state index in [4.69, 9.17) is 0 Å². The number of hydrogen-bond donors (Lipinski definition) is 2. The van der Waals surface area contributed by atoms with Gasteiger partial charge in [-0.3, -0.25) is 4.79 Å². The van der Waals surface area contributed by atoms with Gasteiger partial charge in [-0.05, 0) is 39.2 Å². The first-order chi connectivity index (χ1) is 9.69. The predicted molar refractivity (Wildman–Crippen MR) is 85.9 cm³/mol. The molecule has 1 rings (SSSR count). The lowest BCUT2D eigenvalue weighted by molar-refractivity contribution is -0.127. The quantitative estimate of drug-likeness (QED) is 0.599. The zero-order valence-corrected chi connectivity index (χ0v) is 13.6. The molecule has 0 spiro atoms. The molecule has 0 aromatic rings. The zero-order valence-electron chi connectivity index (χ0n) is 13.6. The zero-order chi connectivity index (χ0) is 14.7. The summed E-state index contributed by atoms with van der Waals surface area (Å²) in [4.78, 5) is 12.2. The molecular formula is C17H34N2O. The van der Waals surface area contributed by atoms with Gasteiger partial charge >= 0.3 is 0 Å². The second-order valence-corrected chi connectivity index (χ2v) is 6.45. The molecule has 1 atom stereocenters. The van der Waals surface area contributed by atoms with Crippen LogP contribution in [0, 0.1) is 0 Å². The van der Waals surface area contributed by atoms with Crippen molar-refractivity contribution in [2.45, 2.75) is 90.0 Å². The van der Waals surface area contributed by atoms with Crippen LogP contribution in [-0.4, -0.2) is 24.5 Å². The third-order valence-corrected chi connectivity index (χ3v) is 4.44. The number of piperidine rings is 1. The van der Waals surface area contributed by atoms with Crippen molar-refractivity contribution in [1.29, 1.82) is 0 Å². The Morgan fingerprint density at radius 3 is 2.30 bits per heavy atom. The van der Waals surface area contributed by atoms with E-state index in [2.05, 4.69) is 17.6 Å². The molecule has 3 nitrogen and oxygen atoms in total. The molecule has 1 fully saturated rings. The molecule has 0 aromatic heterocycles. The molecule has 1 aliphatic heterocycles. The van der Waals surface area contributed by atoms with Gasteiger partial charge in [0.15, 0.2) is 0 Å². The Kier molecular flexibility index (Phi) is 8.92. The summed E-state index contributed by atoms with van der Waals surface area (Å²) in [6.45, 7) is 6.10. The number of rotatable bonds is 10. The van der Waals surface area contributed by atoms with Crippen molar-refractivity contribution < 1.29 is 4.79 Å². The fourth-order valence-corrected chi connectivity index (χ4v) is 2.91. The van der Waals surface area contributed by atoms with E-state index in [9.17, 15) is 4.79 Å². The highest BCUT2D eigenvalue weighted by molar-refractivity contribution is 5.85. The fraction of sp³-hybridized carbons (Fsp3) is 0.941. The standard InChI is InChI=1S/C17H34N2O/c1-3-4-5-6-7-8-9-11-14-18-16(20)17(2)13-10-12-15-19-17/h19H,3-15H2,1-2H3,(H,18,20)/t17-/m0/s1. The van der Waals surface area contributed by atoms with Crippen LogP contribution >= 0.6 is 0 Å². The van der Waals surface area contributed by atoms with Gasteiger partial charge < -0.3 is 10.6 Å². The SMILES string of the molecule is CCCCCCCCCCNC(=O)[C@]1(C)CCCCN1. The van der Waals surface area contributed by atoms with E-state index in [1.165, 1.54) is 51.4 Å². The maximum atomic E-state index is 12.2. The number of hydrogen-bond acceptors (Lipinski definition) is 2. The van der Waals surface area contributed by atoms with Crippen molar-refractivity contribution in [1.82, 2.24) is 10.6 Å². The summed E-state index contributed by atoms with van der Waals surface area (Å²) in [5.74, 6) is 0.195. The first-order valence-corrected chi connectivity index (χ1v) is 8.72. The largest absolute Gasteiger partial charge is 0.355 e. The van der Waals surface area contributed by atoms with Gasteiger partial charge in [-0.25, -0.2) is 0 Å². The monoisotopic (exact) mass is 282 g/mol. The van der Waals surface area contributed by atoms with Gasteiger partial charge in [0.05, 0.1) is 5.54 Å². The minimum absolute atomic E-state index is 0.195. The Morgan fingerprint density at radius 1 is 1.05 bits per heavy atom. The lowest BCUT2D eigenvalue weighted by atomic mass is 9.90. The van der Waals surface area contributed by atoms with Gasteiger partial charge in [0.1, 0.15) is 0 Å². The Labute approximate surface area is 125 Å². The summed E-state index contributed by atoms with van der Waals surface area (Å²) in [6, 6.07) is 0. The van der Waals surface area contributed by atoms with E-state index < -0.39 is 0 Å². The molecule has 1 amide bonds. The van der Waals surface area contributed by atoms with Gasteiger partial charge in [0.25, 0.3) is 0 Å². The molecule has 0 bridgehead atoms. The Bertz CT molecular complexity index is 260. The Balaban J connectivity index is 1.96. The van der Waals surface area contributed by atoms with Gasteiger partial charge in [0, 0.05) is 6.54 Å². The lowest BCUT2D eigenvalue weighted by Crippen LogP contribution is -2.57. The van der Waals surface area contributed by atoms with Crippen molar-refractivity contribution in [2.75, 3.05) is 13.1 Å². The van der Waals surface area contributed by atoms with Crippen LogP contribution in [0.5, 0.6) is 0 Å². The van der Waals surface area contributed by atoms with E-state index in [-0.39, 0.29) is 11.4 Å². The van der Waals surface area contributed by atoms with E-state index in [1.54, 1.807) is 0 Å². The lowest BCUT2D eigenvalue weighted by Gasteiger charge is -2.33. The van der Waals surface area contributed by atoms with Crippen LogP contribution in [0.25, 0.3) is 0 Å². The predicted octanol–water partition coefficient (Wildman–Crippen LogP) is 3.78. The summed E-state index contributed by atoms with van der Waals surface area (Å²) in [6.07, 6.45) is 13.8. The molecule has 0 radical (unpaired) electrons. The molecule has 20 heavy (non-hydrogen) atoms. The Morgan fingerprint density at radius 2 is 1.70 bits per heavy atom. The van der Waals surface area contributed by atoms with Crippen LogP contribution in [0.4, 0.5) is 0 Å². The third kappa shape index (κ3) is 6.74. The molecular weight excluding hydrogens is 248 g/mol. The van der Waals surface area contributed by atoms with E-state index in [0.29, 0.717) is 0 Å². The minimum atomic E-state index is -0.321. The molecule has 0 saturated carbocycles. The molecule has 1 saturated heterocycles. The maximum absolute atomic E-state index is 12.2. The molecule has 0 aliphatic carbocycles. The number of amides is 1. The Hall–Kier alpha value is -0.570. The van der Waals surface area contributed by atoms with Crippen LogP contribution in [0.3, 0.4) is 0 Å². The first-order valence-electron chi connectivity index (χ1n) is 8.72. The minimum Gasteiger partial charge on any atom is -0.355 e. The third-order valence-electron chi connectivity index (χ3n) is 4.44. The van der Waals surface area contributed by atoms with Gasteiger partial charge in [-0.1, -0.05) is 51.9 Å². The first kappa shape index (κ1) is 17.5. The van der Waals surface area contributed by atoms with Crippen molar-refractivity contribution in [3.05, 3.63) is 0 Å². The van der Waals surface area contributed by atoms with Crippen molar-refractivity contribution >= 4 is 5.91 Å². The van der Waals surface area contributed by atoms with Crippen LogP contribution in [-0.2, 0) is 4.79 Å². The average molecular weight is 282 g/mol. The van der Waals surface area contributed by atoms with Crippen LogP contribution in [0.2, 0.25) is 0 Å². The van der Waals surface area contributed by atoms with Gasteiger partial charge in [-0.15, -0.1) is 0 Å². The summed E-state index contributed by atoms with van der Waals surface area (Å²) in [5, 5.41) is 6.47. The normalized spacial score (nSPS) is 22.7. The smallest absolute Gasteiger partial charge is 0.240 e. The highest BCUT2D eigenvalue weighted by Gasteiger charge is 2.33. The van der Waals surface area contributed by atoms with Crippen LogP contribution in [0.15, 0.2) is 0 Å². The summed E-state index contributed by atoms with van der Waals surface area (Å²) in [7, 11) is 0. The van der Waals surface area contributed by atoms with Crippen LogP contribution < -0.4 is 10.6 Å². The van der Waals surface area contributed by atoms with Crippen molar-refractivity contribution in [3.63, 3.8) is 0 Å². The van der Waals surface area contributed by atoms with E-state index >= 15 is 0 Å². The maximum Gasteiger partial charge on any atom is 0.240 e. The molecule has 1 heterocycles. The van der Waals surface area contributed by atoms with Gasteiger partial charge in [-0.2, -0.15) is 0 Å². The number of nitrogens with one attached hydrogen (secondary N) is 2. The average Bonchev–Trinajstić information content (AvgIpc) is 2.46. The second-order valence-electron chi connectivity index (χ2n) is 6.45.